The highest BCUT2D eigenvalue weighted by molar-refractivity contribution is 8.09. The Kier molecular flexibility index (Phi) is 9.67. The number of anilines is 1. The highest BCUT2D eigenvalue weighted by Gasteiger charge is 2.35. The van der Waals surface area contributed by atoms with Gasteiger partial charge in [0.05, 0.1) is 18.2 Å². The number of rotatable bonds is 13. The molecule has 1 aromatic carbocycles. The van der Waals surface area contributed by atoms with Gasteiger partial charge in [0.1, 0.15) is 5.75 Å². The summed E-state index contributed by atoms with van der Waals surface area (Å²) >= 11 is 0. The first-order valence-electron chi connectivity index (χ1n) is 11.6. The molecule has 0 aromatic heterocycles. The third kappa shape index (κ3) is 7.37. The van der Waals surface area contributed by atoms with Gasteiger partial charge < -0.3 is 5.11 Å². The maximum Gasteiger partial charge on any atom is 0.245 e. The largest absolute Gasteiger partial charge is 0.507 e. The summed E-state index contributed by atoms with van der Waals surface area (Å²) < 4.78 is 50.4. The van der Waals surface area contributed by atoms with Crippen LogP contribution >= 0.6 is 0 Å². The van der Waals surface area contributed by atoms with Crippen LogP contribution < -0.4 is 3.71 Å². The van der Waals surface area contributed by atoms with Crippen molar-refractivity contribution in [3.63, 3.8) is 0 Å². The van der Waals surface area contributed by atoms with Gasteiger partial charge in [-0.1, -0.05) is 80.1 Å². The van der Waals surface area contributed by atoms with Crippen LogP contribution in [0.15, 0.2) is 12.1 Å². The lowest BCUT2D eigenvalue weighted by Crippen LogP contribution is -2.36. The second kappa shape index (κ2) is 10.8. The summed E-state index contributed by atoms with van der Waals surface area (Å²) in [5.74, 6) is 0.138. The zero-order valence-electron chi connectivity index (χ0n) is 21.2. The molecule has 0 unspecified atom stereocenters. The van der Waals surface area contributed by atoms with Gasteiger partial charge in [0, 0.05) is 11.1 Å². The number of hydrogen-bond acceptors (Lipinski definition) is 5. The molecule has 8 heteroatoms. The fraction of sp³-hybridized carbons (Fsp3) is 0.750. The minimum atomic E-state index is -4.09. The summed E-state index contributed by atoms with van der Waals surface area (Å²) in [5.41, 5.74) is 0.322. The van der Waals surface area contributed by atoms with Crippen molar-refractivity contribution in [1.29, 1.82) is 0 Å². The van der Waals surface area contributed by atoms with Crippen molar-refractivity contribution in [2.75, 3.05) is 16.2 Å². The summed E-state index contributed by atoms with van der Waals surface area (Å²) in [4.78, 5) is 0. The topological polar surface area (TPSA) is 91.8 Å². The Bertz CT molecular complexity index is 905. The molecular formula is C24H43NO5S2. The molecule has 0 amide bonds. The molecule has 186 valence electrons. The molecule has 0 spiro atoms. The highest BCUT2D eigenvalue weighted by Crippen LogP contribution is 2.45. The zero-order valence-corrected chi connectivity index (χ0v) is 22.8. The number of nitrogens with zero attached hydrogens (tertiary/aromatic N) is 1. The van der Waals surface area contributed by atoms with Crippen molar-refractivity contribution in [1.82, 2.24) is 0 Å². The lowest BCUT2D eigenvalue weighted by atomic mass is 9.73. The predicted octanol–water partition coefficient (Wildman–Crippen LogP) is 5.83. The summed E-state index contributed by atoms with van der Waals surface area (Å²) in [5, 5.41) is 11.4. The zero-order chi connectivity index (χ0) is 25.0. The van der Waals surface area contributed by atoms with Crippen LogP contribution in [0, 0.1) is 0 Å². The molecule has 0 heterocycles. The Morgan fingerprint density at radius 2 is 1.09 bits per heavy atom. The third-order valence-corrected chi connectivity index (χ3v) is 9.43. The van der Waals surface area contributed by atoms with Crippen molar-refractivity contribution in [3.05, 3.63) is 23.3 Å². The SMILES string of the molecule is CCCCCC(C)(C)c1cc(N(S(C)(=O)=O)S(C)(=O)=O)cc(C(C)(C)CCCCC)c1O. The first-order valence-corrected chi connectivity index (χ1v) is 15.3. The number of benzene rings is 1. The van der Waals surface area contributed by atoms with E-state index in [1.807, 2.05) is 27.7 Å². The molecule has 32 heavy (non-hydrogen) atoms. The number of phenolic OH excluding ortho intramolecular Hbond substituents is 1. The van der Waals surface area contributed by atoms with Gasteiger partial charge in [0.25, 0.3) is 0 Å². The molecule has 0 bridgehead atoms. The van der Waals surface area contributed by atoms with Gasteiger partial charge in [0.2, 0.25) is 20.0 Å². The van der Waals surface area contributed by atoms with Crippen molar-refractivity contribution >= 4 is 25.7 Å². The summed E-state index contributed by atoms with van der Waals surface area (Å²) in [6.45, 7) is 12.3. The Labute approximate surface area is 196 Å². The van der Waals surface area contributed by atoms with E-state index < -0.39 is 30.9 Å². The van der Waals surface area contributed by atoms with E-state index in [1.165, 1.54) is 12.1 Å². The minimum absolute atomic E-state index is 0.0601. The van der Waals surface area contributed by atoms with Crippen LogP contribution in [-0.4, -0.2) is 34.5 Å². The molecule has 0 aliphatic heterocycles. The van der Waals surface area contributed by atoms with Gasteiger partial charge >= 0.3 is 0 Å². The Hall–Kier alpha value is -1.28. The van der Waals surface area contributed by atoms with Gasteiger partial charge in [-0.3, -0.25) is 0 Å². The number of phenols is 1. The van der Waals surface area contributed by atoms with Gasteiger partial charge in [-0.15, -0.1) is 0 Å². The maximum absolute atomic E-state index is 12.5. The Balaban J connectivity index is 3.82. The van der Waals surface area contributed by atoms with Crippen molar-refractivity contribution in [2.24, 2.45) is 0 Å². The fourth-order valence-electron chi connectivity index (χ4n) is 4.29. The molecule has 0 saturated carbocycles. The molecule has 6 nitrogen and oxygen atoms in total. The standard InChI is InChI=1S/C24H43NO5S2/c1-9-11-13-15-23(3,4)20-17-19(25(31(7,27)28)32(8,29)30)18-21(22(20)26)24(5,6)16-14-12-10-2/h17-18,26H,9-16H2,1-8H3. The van der Waals surface area contributed by atoms with E-state index in [0.717, 1.165) is 63.9 Å². The molecule has 0 aliphatic carbocycles. The molecule has 1 aromatic rings. The number of hydrogen-bond donors (Lipinski definition) is 1. The summed E-state index contributed by atoms with van der Waals surface area (Å²) in [6.07, 6.45) is 9.53. The summed E-state index contributed by atoms with van der Waals surface area (Å²) in [6, 6.07) is 3.07. The van der Waals surface area contributed by atoms with Crippen LogP contribution in [0.2, 0.25) is 0 Å². The van der Waals surface area contributed by atoms with Crippen LogP contribution in [-0.2, 0) is 30.9 Å². The quantitative estimate of drug-likeness (QED) is 0.352. The van der Waals surface area contributed by atoms with Crippen LogP contribution in [0.25, 0.3) is 0 Å². The third-order valence-electron chi connectivity index (χ3n) is 6.18. The summed E-state index contributed by atoms with van der Waals surface area (Å²) in [7, 11) is -8.18. The lowest BCUT2D eigenvalue weighted by molar-refractivity contribution is 0.381. The van der Waals surface area contributed by atoms with E-state index in [0.29, 0.717) is 14.8 Å². The molecule has 1 N–H and O–H groups in total. The number of sulfonamides is 2. The van der Waals surface area contributed by atoms with E-state index in [1.54, 1.807) is 0 Å². The first kappa shape index (κ1) is 28.8. The van der Waals surface area contributed by atoms with E-state index in [-0.39, 0.29) is 11.4 Å². The monoisotopic (exact) mass is 489 g/mol. The molecule has 0 fully saturated rings. The molecule has 0 radical (unpaired) electrons. The van der Waals surface area contributed by atoms with E-state index in [9.17, 15) is 21.9 Å². The molecular weight excluding hydrogens is 446 g/mol. The van der Waals surface area contributed by atoms with Crippen LogP contribution in [0.1, 0.15) is 104 Å². The fourth-order valence-corrected chi connectivity index (χ4v) is 7.23. The second-order valence-electron chi connectivity index (χ2n) is 10.3. The first-order chi connectivity index (χ1) is 14.5. The lowest BCUT2D eigenvalue weighted by Gasteiger charge is -2.34. The molecule has 0 aliphatic rings. The predicted molar refractivity (Wildman–Crippen MR) is 135 cm³/mol. The normalized spacial score (nSPS) is 13.4. The smallest absolute Gasteiger partial charge is 0.245 e. The molecule has 0 saturated heterocycles. The van der Waals surface area contributed by atoms with Crippen molar-refractivity contribution in [3.8, 4) is 5.75 Å². The van der Waals surface area contributed by atoms with Crippen LogP contribution in [0.4, 0.5) is 5.69 Å². The average molecular weight is 490 g/mol. The number of unbranched alkanes of at least 4 members (excludes halogenated alkanes) is 4. The van der Waals surface area contributed by atoms with E-state index in [4.69, 9.17) is 0 Å². The molecule has 1 rings (SSSR count). The van der Waals surface area contributed by atoms with Gasteiger partial charge in [-0.25, -0.2) is 16.8 Å². The Morgan fingerprint density at radius 1 is 0.750 bits per heavy atom. The second-order valence-corrected chi connectivity index (χ2v) is 14.2. The van der Waals surface area contributed by atoms with Crippen LogP contribution in [0.5, 0.6) is 5.75 Å². The van der Waals surface area contributed by atoms with Crippen LogP contribution in [0.3, 0.4) is 0 Å². The number of aromatic hydroxyl groups is 1. The minimum Gasteiger partial charge on any atom is -0.507 e. The van der Waals surface area contributed by atoms with Gasteiger partial charge in [0.15, 0.2) is 0 Å². The van der Waals surface area contributed by atoms with Crippen molar-refractivity contribution < 1.29 is 21.9 Å². The van der Waals surface area contributed by atoms with Crippen molar-refractivity contribution in [2.45, 2.75) is 104 Å². The Morgan fingerprint density at radius 3 is 1.38 bits per heavy atom. The van der Waals surface area contributed by atoms with E-state index >= 15 is 0 Å². The average Bonchev–Trinajstić information content (AvgIpc) is 2.60. The van der Waals surface area contributed by atoms with Gasteiger partial charge in [-0.05, 0) is 35.8 Å². The molecule has 0 atom stereocenters. The van der Waals surface area contributed by atoms with E-state index in [2.05, 4.69) is 13.8 Å². The van der Waals surface area contributed by atoms with Gasteiger partial charge in [-0.2, -0.15) is 3.71 Å². The maximum atomic E-state index is 12.5. The highest BCUT2D eigenvalue weighted by atomic mass is 32.3.